The van der Waals surface area contributed by atoms with Gasteiger partial charge in [-0.05, 0) is 24.1 Å². The summed E-state index contributed by atoms with van der Waals surface area (Å²) in [6.07, 6.45) is 0.820. The fourth-order valence-electron chi connectivity index (χ4n) is 1.64. The standard InChI is InChI=1S/C14H20O5S/c1-3-11(2)10-20(17,18)8-7-19-13-6-4-5-12(9-13)14(15)16/h4-6,9,11H,3,7-8,10H2,1-2H3,(H,15,16). The van der Waals surface area contributed by atoms with E-state index in [-0.39, 0.29) is 29.6 Å². The first-order valence-electron chi connectivity index (χ1n) is 6.50. The third-order valence-electron chi connectivity index (χ3n) is 2.98. The Hall–Kier alpha value is -1.56. The lowest BCUT2D eigenvalue weighted by atomic mass is 10.2. The zero-order valence-corrected chi connectivity index (χ0v) is 12.5. The summed E-state index contributed by atoms with van der Waals surface area (Å²) in [7, 11) is -3.13. The molecule has 0 radical (unpaired) electrons. The van der Waals surface area contributed by atoms with Crippen molar-refractivity contribution in [2.45, 2.75) is 20.3 Å². The van der Waals surface area contributed by atoms with Crippen molar-refractivity contribution in [1.29, 1.82) is 0 Å². The molecule has 1 rings (SSSR count). The van der Waals surface area contributed by atoms with E-state index in [1.54, 1.807) is 12.1 Å². The van der Waals surface area contributed by atoms with Gasteiger partial charge in [-0.25, -0.2) is 13.2 Å². The molecule has 1 N–H and O–H groups in total. The van der Waals surface area contributed by atoms with E-state index in [1.807, 2.05) is 13.8 Å². The summed E-state index contributed by atoms with van der Waals surface area (Å²) in [5.41, 5.74) is 0.116. The van der Waals surface area contributed by atoms with E-state index in [0.717, 1.165) is 6.42 Å². The smallest absolute Gasteiger partial charge is 0.335 e. The zero-order valence-electron chi connectivity index (χ0n) is 11.7. The summed E-state index contributed by atoms with van der Waals surface area (Å²) in [6.45, 7) is 3.88. The molecule has 5 nitrogen and oxygen atoms in total. The van der Waals surface area contributed by atoms with Gasteiger partial charge in [-0.15, -0.1) is 0 Å². The number of ether oxygens (including phenoxy) is 1. The molecule has 0 aliphatic rings. The summed E-state index contributed by atoms with van der Waals surface area (Å²) in [5.74, 6) is -0.449. The van der Waals surface area contributed by atoms with Gasteiger partial charge in [0, 0.05) is 0 Å². The van der Waals surface area contributed by atoms with E-state index in [1.165, 1.54) is 12.1 Å². The molecule has 6 heteroatoms. The molecule has 1 aromatic carbocycles. The summed E-state index contributed by atoms with van der Waals surface area (Å²) in [5, 5.41) is 8.84. The Labute approximate surface area is 119 Å². The molecule has 0 saturated carbocycles. The summed E-state index contributed by atoms with van der Waals surface area (Å²) >= 11 is 0. The van der Waals surface area contributed by atoms with Crippen LogP contribution in [0.4, 0.5) is 0 Å². The van der Waals surface area contributed by atoms with E-state index in [4.69, 9.17) is 9.84 Å². The average Bonchev–Trinajstić information content (AvgIpc) is 2.38. The first-order chi connectivity index (χ1) is 9.34. The van der Waals surface area contributed by atoms with Crippen LogP contribution in [-0.2, 0) is 9.84 Å². The number of sulfone groups is 1. The van der Waals surface area contributed by atoms with Crippen molar-refractivity contribution in [3.05, 3.63) is 29.8 Å². The molecule has 0 aromatic heterocycles. The molecule has 112 valence electrons. The molecule has 0 fully saturated rings. The lowest BCUT2D eigenvalue weighted by molar-refractivity contribution is 0.0696. The van der Waals surface area contributed by atoms with Crippen LogP contribution in [0, 0.1) is 5.92 Å². The highest BCUT2D eigenvalue weighted by Crippen LogP contribution is 2.14. The lowest BCUT2D eigenvalue weighted by Gasteiger charge is -2.10. The van der Waals surface area contributed by atoms with Crippen LogP contribution in [0.5, 0.6) is 5.75 Å². The summed E-state index contributed by atoms with van der Waals surface area (Å²) in [6, 6.07) is 6.00. The molecular formula is C14H20O5S. The number of carboxylic acid groups (broad SMARTS) is 1. The monoisotopic (exact) mass is 300 g/mol. The Morgan fingerprint density at radius 3 is 2.70 bits per heavy atom. The summed E-state index contributed by atoms with van der Waals surface area (Å²) < 4.78 is 28.9. The maximum atomic E-state index is 11.8. The van der Waals surface area contributed by atoms with Crippen LogP contribution in [0.25, 0.3) is 0 Å². The van der Waals surface area contributed by atoms with Crippen molar-refractivity contribution in [1.82, 2.24) is 0 Å². The van der Waals surface area contributed by atoms with Crippen LogP contribution in [0.3, 0.4) is 0 Å². The molecule has 1 atom stereocenters. The van der Waals surface area contributed by atoms with Gasteiger partial charge in [0.15, 0.2) is 9.84 Å². The van der Waals surface area contributed by atoms with Gasteiger partial charge in [-0.2, -0.15) is 0 Å². The molecule has 0 spiro atoms. The maximum Gasteiger partial charge on any atom is 0.335 e. The van der Waals surface area contributed by atoms with Gasteiger partial charge in [0.1, 0.15) is 12.4 Å². The number of hydrogen-bond donors (Lipinski definition) is 1. The third-order valence-corrected chi connectivity index (χ3v) is 4.85. The Morgan fingerprint density at radius 1 is 1.40 bits per heavy atom. The lowest BCUT2D eigenvalue weighted by Crippen LogP contribution is -2.20. The quantitative estimate of drug-likeness (QED) is 0.796. The first-order valence-corrected chi connectivity index (χ1v) is 8.32. The van der Waals surface area contributed by atoms with E-state index < -0.39 is 15.8 Å². The Kier molecular flexibility index (Phi) is 6.01. The normalized spacial score (nSPS) is 12.9. The minimum Gasteiger partial charge on any atom is -0.493 e. The molecule has 0 amide bonds. The molecule has 1 unspecified atom stereocenters. The number of benzene rings is 1. The van der Waals surface area contributed by atoms with Crippen molar-refractivity contribution in [3.63, 3.8) is 0 Å². The second-order valence-electron chi connectivity index (χ2n) is 4.81. The van der Waals surface area contributed by atoms with E-state index in [9.17, 15) is 13.2 Å². The predicted octanol–water partition coefficient (Wildman–Crippen LogP) is 2.22. The van der Waals surface area contributed by atoms with Gasteiger partial charge in [0.05, 0.1) is 17.1 Å². The number of carboxylic acids is 1. The largest absolute Gasteiger partial charge is 0.493 e. The van der Waals surface area contributed by atoms with Crippen molar-refractivity contribution < 1.29 is 23.1 Å². The molecular weight excluding hydrogens is 280 g/mol. The number of hydrogen-bond acceptors (Lipinski definition) is 4. The topological polar surface area (TPSA) is 80.7 Å². The Morgan fingerprint density at radius 2 is 2.10 bits per heavy atom. The third kappa shape index (κ3) is 5.61. The second-order valence-corrected chi connectivity index (χ2v) is 7.04. The van der Waals surface area contributed by atoms with Gasteiger partial charge in [0.25, 0.3) is 0 Å². The molecule has 0 saturated heterocycles. The van der Waals surface area contributed by atoms with Crippen LogP contribution in [0.2, 0.25) is 0 Å². The van der Waals surface area contributed by atoms with Gasteiger partial charge in [-0.3, -0.25) is 0 Å². The summed E-state index contributed by atoms with van der Waals surface area (Å²) in [4.78, 5) is 10.8. The fraction of sp³-hybridized carbons (Fsp3) is 0.500. The van der Waals surface area contributed by atoms with Crippen LogP contribution in [0.15, 0.2) is 24.3 Å². The van der Waals surface area contributed by atoms with Gasteiger partial charge in [0.2, 0.25) is 0 Å². The average molecular weight is 300 g/mol. The van der Waals surface area contributed by atoms with Crippen LogP contribution < -0.4 is 4.74 Å². The fourth-order valence-corrected chi connectivity index (χ4v) is 3.25. The molecule has 0 heterocycles. The molecule has 20 heavy (non-hydrogen) atoms. The SMILES string of the molecule is CCC(C)CS(=O)(=O)CCOc1cccc(C(=O)O)c1. The van der Waals surface area contributed by atoms with Crippen LogP contribution >= 0.6 is 0 Å². The van der Waals surface area contributed by atoms with Crippen molar-refractivity contribution in [2.24, 2.45) is 5.92 Å². The zero-order chi connectivity index (χ0) is 15.2. The van der Waals surface area contributed by atoms with Crippen LogP contribution in [0.1, 0.15) is 30.6 Å². The highest BCUT2D eigenvalue weighted by Gasteiger charge is 2.15. The van der Waals surface area contributed by atoms with Crippen molar-refractivity contribution >= 4 is 15.8 Å². The van der Waals surface area contributed by atoms with E-state index in [2.05, 4.69) is 0 Å². The molecule has 0 bridgehead atoms. The molecule has 0 aliphatic carbocycles. The van der Waals surface area contributed by atoms with Crippen molar-refractivity contribution in [3.8, 4) is 5.75 Å². The number of rotatable bonds is 8. The van der Waals surface area contributed by atoms with Crippen molar-refractivity contribution in [2.75, 3.05) is 18.1 Å². The highest BCUT2D eigenvalue weighted by molar-refractivity contribution is 7.91. The Bertz CT molecular complexity index is 550. The van der Waals surface area contributed by atoms with Gasteiger partial charge in [-0.1, -0.05) is 26.3 Å². The predicted molar refractivity (Wildman–Crippen MR) is 77.0 cm³/mol. The van der Waals surface area contributed by atoms with Gasteiger partial charge < -0.3 is 9.84 Å². The van der Waals surface area contributed by atoms with Gasteiger partial charge >= 0.3 is 5.97 Å². The number of aromatic carboxylic acids is 1. The number of carbonyl (C=O) groups is 1. The van der Waals surface area contributed by atoms with Crippen LogP contribution in [-0.4, -0.2) is 37.6 Å². The van der Waals surface area contributed by atoms with E-state index >= 15 is 0 Å². The maximum absolute atomic E-state index is 11.8. The minimum atomic E-state index is -3.13. The second kappa shape index (κ2) is 7.28. The Balaban J connectivity index is 2.52. The highest BCUT2D eigenvalue weighted by atomic mass is 32.2. The first kappa shape index (κ1) is 16.5. The molecule has 0 aliphatic heterocycles. The van der Waals surface area contributed by atoms with E-state index in [0.29, 0.717) is 5.75 Å². The molecule has 1 aromatic rings. The minimum absolute atomic E-state index is 0.0296.